The Morgan fingerprint density at radius 3 is 2.69 bits per heavy atom. The molecule has 0 unspecified atom stereocenters. The highest BCUT2D eigenvalue weighted by atomic mass is 19.1. The van der Waals surface area contributed by atoms with Gasteiger partial charge in [-0.25, -0.2) is 9.37 Å². The number of nitrogens with one attached hydrogen (secondary N) is 3. The number of aryl methyl sites for hydroxylation is 1. The van der Waals surface area contributed by atoms with Crippen LogP contribution in [0.3, 0.4) is 0 Å². The smallest absolute Gasteiger partial charge is 0.238 e. The molecule has 0 spiro atoms. The number of H-pyrrole nitrogens is 2. The lowest BCUT2D eigenvalue weighted by Crippen LogP contribution is -2.27. The van der Waals surface area contributed by atoms with Crippen LogP contribution in [0.1, 0.15) is 5.56 Å². The zero-order valence-electron chi connectivity index (χ0n) is 21.7. The Morgan fingerprint density at radius 2 is 1.87 bits per heavy atom. The predicted molar refractivity (Wildman–Crippen MR) is 152 cm³/mol. The van der Waals surface area contributed by atoms with Gasteiger partial charge in [-0.05, 0) is 80.2 Å². The number of hydrogen-bond acceptors (Lipinski definition) is 5. The van der Waals surface area contributed by atoms with Crippen LogP contribution in [0.2, 0.25) is 0 Å². The molecule has 0 aliphatic rings. The zero-order chi connectivity index (χ0) is 27.1. The van der Waals surface area contributed by atoms with Crippen LogP contribution in [0.25, 0.3) is 55.7 Å². The first kappa shape index (κ1) is 24.4. The fourth-order valence-corrected chi connectivity index (χ4v) is 4.81. The first-order chi connectivity index (χ1) is 18.8. The molecule has 0 aliphatic heterocycles. The number of rotatable bonds is 6. The van der Waals surface area contributed by atoms with Crippen LogP contribution in [-0.4, -0.2) is 56.6 Å². The van der Waals surface area contributed by atoms with Gasteiger partial charge in [0.05, 0.1) is 35.3 Å². The zero-order valence-corrected chi connectivity index (χ0v) is 21.7. The molecule has 6 aromatic rings. The van der Waals surface area contributed by atoms with Crippen LogP contribution in [-0.2, 0) is 4.79 Å². The van der Waals surface area contributed by atoms with Crippen molar-refractivity contribution in [2.75, 3.05) is 26.0 Å². The number of nitrogens with zero attached hydrogens (tertiary/aromatic N) is 4. The molecule has 0 aliphatic carbocycles. The average Bonchev–Trinajstić information content (AvgIpc) is 3.51. The number of hydrogen-bond donors (Lipinski definition) is 3. The van der Waals surface area contributed by atoms with E-state index in [1.807, 2.05) is 69.6 Å². The number of carbonyl (C=O) groups excluding carboxylic acids is 1. The van der Waals surface area contributed by atoms with E-state index < -0.39 is 0 Å². The van der Waals surface area contributed by atoms with Crippen LogP contribution < -0.4 is 5.32 Å². The minimum absolute atomic E-state index is 0.119. The molecular formula is C30H26FN7O. The highest BCUT2D eigenvalue weighted by Gasteiger charge is 2.16. The van der Waals surface area contributed by atoms with E-state index in [0.29, 0.717) is 22.6 Å². The third-order valence-electron chi connectivity index (χ3n) is 6.46. The van der Waals surface area contributed by atoms with Gasteiger partial charge >= 0.3 is 0 Å². The highest BCUT2D eigenvalue weighted by Crippen LogP contribution is 2.35. The van der Waals surface area contributed by atoms with Gasteiger partial charge in [0.1, 0.15) is 17.0 Å². The monoisotopic (exact) mass is 519 g/mol. The summed E-state index contributed by atoms with van der Waals surface area (Å²) >= 11 is 0. The maximum absolute atomic E-state index is 14.2. The van der Waals surface area contributed by atoms with E-state index in [9.17, 15) is 9.18 Å². The van der Waals surface area contributed by atoms with Crippen molar-refractivity contribution in [1.29, 1.82) is 0 Å². The Labute approximate surface area is 223 Å². The minimum atomic E-state index is -0.261. The van der Waals surface area contributed by atoms with Crippen LogP contribution >= 0.6 is 0 Å². The Kier molecular flexibility index (Phi) is 6.12. The van der Waals surface area contributed by atoms with Gasteiger partial charge in [-0.15, -0.1) is 0 Å². The third-order valence-corrected chi connectivity index (χ3v) is 6.46. The summed E-state index contributed by atoms with van der Waals surface area (Å²) in [5.41, 5.74) is 8.57. The van der Waals surface area contributed by atoms with E-state index in [-0.39, 0.29) is 18.3 Å². The van der Waals surface area contributed by atoms with E-state index in [1.165, 1.54) is 6.07 Å². The maximum atomic E-state index is 14.2. The Balaban J connectivity index is 1.39. The van der Waals surface area contributed by atoms with Crippen molar-refractivity contribution in [3.8, 4) is 33.8 Å². The number of carbonyl (C=O) groups is 1. The summed E-state index contributed by atoms with van der Waals surface area (Å²) < 4.78 is 14.2. The van der Waals surface area contributed by atoms with Crippen molar-refractivity contribution in [3.63, 3.8) is 0 Å². The Bertz CT molecular complexity index is 1830. The standard InChI is InChI=1S/C30H26FN7O/c1-17-9-18(11-20(31)10-17)22-5-4-6-25-23(22)13-27(34-25)30-29-26(36-37-30)8-7-24(35-29)19-12-21(15-32-14-19)33-28(39)16-38(2)3/h4-15,34H,16H2,1-3H3,(H,33,39)(H,36,37). The summed E-state index contributed by atoms with van der Waals surface area (Å²) in [6.07, 6.45) is 3.33. The summed E-state index contributed by atoms with van der Waals surface area (Å²) in [5.74, 6) is -0.380. The van der Waals surface area contributed by atoms with E-state index in [0.717, 1.165) is 44.4 Å². The maximum Gasteiger partial charge on any atom is 0.238 e. The van der Waals surface area contributed by atoms with Gasteiger partial charge in [-0.1, -0.05) is 18.2 Å². The molecule has 0 radical (unpaired) electrons. The molecule has 194 valence electrons. The third kappa shape index (κ3) is 4.87. The number of pyridine rings is 2. The fraction of sp³-hybridized carbons (Fsp3) is 0.133. The normalized spacial score (nSPS) is 11.5. The lowest BCUT2D eigenvalue weighted by Gasteiger charge is -2.10. The number of aromatic nitrogens is 5. The van der Waals surface area contributed by atoms with Gasteiger partial charge in [0.25, 0.3) is 0 Å². The molecule has 0 bridgehead atoms. The van der Waals surface area contributed by atoms with Crippen molar-refractivity contribution < 1.29 is 9.18 Å². The molecule has 1 amide bonds. The van der Waals surface area contributed by atoms with E-state index in [2.05, 4.69) is 25.5 Å². The number of anilines is 1. The molecule has 2 aromatic carbocycles. The van der Waals surface area contributed by atoms with Gasteiger partial charge in [0.2, 0.25) is 5.91 Å². The van der Waals surface area contributed by atoms with Crippen LogP contribution in [0, 0.1) is 12.7 Å². The quantitative estimate of drug-likeness (QED) is 0.259. The number of halogens is 1. The van der Waals surface area contributed by atoms with Crippen LogP contribution in [0.5, 0.6) is 0 Å². The first-order valence-electron chi connectivity index (χ1n) is 12.5. The second kappa shape index (κ2) is 9.77. The lowest BCUT2D eigenvalue weighted by atomic mass is 10.00. The van der Waals surface area contributed by atoms with Crippen molar-refractivity contribution in [1.82, 2.24) is 30.0 Å². The van der Waals surface area contributed by atoms with Gasteiger partial charge in [0.15, 0.2) is 0 Å². The number of benzene rings is 2. The molecule has 8 nitrogen and oxygen atoms in total. The van der Waals surface area contributed by atoms with E-state index >= 15 is 0 Å². The van der Waals surface area contributed by atoms with Gasteiger partial charge in [0, 0.05) is 22.7 Å². The lowest BCUT2D eigenvalue weighted by molar-refractivity contribution is -0.116. The SMILES string of the molecule is Cc1cc(F)cc(-c2cccc3[nH]c(-c4n[nH]c5ccc(-c6cncc(NC(=O)CN(C)C)c6)nc45)cc23)c1. The van der Waals surface area contributed by atoms with Gasteiger partial charge in [-0.2, -0.15) is 5.10 Å². The topological polar surface area (TPSA) is 103 Å². The number of aromatic amines is 2. The molecule has 6 rings (SSSR count). The van der Waals surface area contributed by atoms with Gasteiger partial charge < -0.3 is 15.2 Å². The Morgan fingerprint density at radius 1 is 1.00 bits per heavy atom. The molecule has 39 heavy (non-hydrogen) atoms. The molecule has 0 saturated carbocycles. The average molecular weight is 520 g/mol. The number of amides is 1. The predicted octanol–water partition coefficient (Wildman–Crippen LogP) is 5.78. The summed E-state index contributed by atoms with van der Waals surface area (Å²) in [4.78, 5) is 26.7. The first-order valence-corrected chi connectivity index (χ1v) is 12.5. The second-order valence-corrected chi connectivity index (χ2v) is 9.88. The molecule has 4 heterocycles. The molecule has 9 heteroatoms. The second-order valence-electron chi connectivity index (χ2n) is 9.88. The van der Waals surface area contributed by atoms with Crippen molar-refractivity contribution in [2.45, 2.75) is 6.92 Å². The van der Waals surface area contributed by atoms with Crippen molar-refractivity contribution in [2.24, 2.45) is 0 Å². The molecule has 0 fully saturated rings. The summed E-state index contributed by atoms with van der Waals surface area (Å²) in [6, 6.07) is 18.7. The van der Waals surface area contributed by atoms with E-state index in [1.54, 1.807) is 23.4 Å². The molecule has 0 saturated heterocycles. The summed E-state index contributed by atoms with van der Waals surface area (Å²) in [6.45, 7) is 2.16. The molecular weight excluding hydrogens is 493 g/mol. The summed E-state index contributed by atoms with van der Waals surface area (Å²) in [5, 5.41) is 11.5. The minimum Gasteiger partial charge on any atom is -0.353 e. The largest absolute Gasteiger partial charge is 0.353 e. The fourth-order valence-electron chi connectivity index (χ4n) is 4.81. The van der Waals surface area contributed by atoms with Crippen molar-refractivity contribution in [3.05, 3.63) is 84.4 Å². The van der Waals surface area contributed by atoms with E-state index in [4.69, 9.17) is 4.98 Å². The molecule has 4 aromatic heterocycles. The van der Waals surface area contributed by atoms with Crippen LogP contribution in [0.4, 0.5) is 10.1 Å². The number of likely N-dealkylation sites (N-methyl/N-ethyl adjacent to an activating group) is 1. The Hall–Kier alpha value is -4.89. The molecule has 3 N–H and O–H groups in total. The number of fused-ring (bicyclic) bond motifs is 2. The van der Waals surface area contributed by atoms with Gasteiger partial charge in [-0.3, -0.25) is 14.9 Å². The van der Waals surface area contributed by atoms with Crippen molar-refractivity contribution >= 4 is 33.5 Å². The molecule has 0 atom stereocenters. The van der Waals surface area contributed by atoms with Crippen LogP contribution in [0.15, 0.2) is 73.1 Å². The summed E-state index contributed by atoms with van der Waals surface area (Å²) in [7, 11) is 3.68. The highest BCUT2D eigenvalue weighted by molar-refractivity contribution is 6.00.